The summed E-state index contributed by atoms with van der Waals surface area (Å²) < 4.78 is 0. The minimum Gasteiger partial charge on any atom is -0.507 e. The summed E-state index contributed by atoms with van der Waals surface area (Å²) in [6.07, 6.45) is 1.10. The minimum absolute atomic E-state index is 0.0697. The fourth-order valence-electron chi connectivity index (χ4n) is 3.44. The van der Waals surface area contributed by atoms with E-state index in [1.165, 1.54) is 5.56 Å². The van der Waals surface area contributed by atoms with Gasteiger partial charge in [-0.25, -0.2) is 0 Å². The maximum Gasteiger partial charge on any atom is 0.126 e. The number of benzene rings is 2. The first-order chi connectivity index (χ1) is 10.1. The van der Waals surface area contributed by atoms with Crippen LogP contribution in [0.1, 0.15) is 52.2 Å². The SMILES string of the molecule is Cc1cc(C(C)(C)CC(C)(C)C)cc(-c2ccccc2)c1O. The highest BCUT2D eigenvalue weighted by Gasteiger charge is 2.28. The lowest BCUT2D eigenvalue weighted by molar-refractivity contribution is 0.284. The number of rotatable bonds is 3. The number of hydrogen-bond acceptors (Lipinski definition) is 1. The zero-order valence-corrected chi connectivity index (χ0v) is 14.7. The summed E-state index contributed by atoms with van der Waals surface area (Å²) in [5.74, 6) is 0.390. The quantitative estimate of drug-likeness (QED) is 0.727. The van der Waals surface area contributed by atoms with E-state index in [0.29, 0.717) is 5.75 Å². The fraction of sp³-hybridized carbons (Fsp3) is 0.429. The van der Waals surface area contributed by atoms with Gasteiger partial charge in [-0.15, -0.1) is 0 Å². The van der Waals surface area contributed by atoms with Crippen LogP contribution in [0.5, 0.6) is 5.75 Å². The molecule has 0 bridgehead atoms. The topological polar surface area (TPSA) is 20.2 Å². The molecule has 2 aromatic rings. The van der Waals surface area contributed by atoms with Gasteiger partial charge >= 0.3 is 0 Å². The van der Waals surface area contributed by atoms with E-state index >= 15 is 0 Å². The second-order valence-electron chi connectivity index (χ2n) is 8.18. The third kappa shape index (κ3) is 3.71. The van der Waals surface area contributed by atoms with E-state index in [1.54, 1.807) is 0 Å². The van der Waals surface area contributed by atoms with E-state index in [1.807, 2.05) is 25.1 Å². The van der Waals surface area contributed by atoms with Gasteiger partial charge in [-0.3, -0.25) is 0 Å². The molecule has 0 spiro atoms. The van der Waals surface area contributed by atoms with Crippen LogP contribution in [0.3, 0.4) is 0 Å². The van der Waals surface area contributed by atoms with Crippen LogP contribution in [0, 0.1) is 12.3 Å². The first-order valence-electron chi connectivity index (χ1n) is 8.00. The number of aryl methyl sites for hydroxylation is 1. The Bertz CT molecular complexity index is 646. The molecule has 0 saturated carbocycles. The molecule has 0 heterocycles. The largest absolute Gasteiger partial charge is 0.507 e. The van der Waals surface area contributed by atoms with Crippen LogP contribution in [-0.2, 0) is 5.41 Å². The highest BCUT2D eigenvalue weighted by Crippen LogP contribution is 2.41. The van der Waals surface area contributed by atoms with Crippen LogP contribution in [0.15, 0.2) is 42.5 Å². The van der Waals surface area contributed by atoms with Gasteiger partial charge in [-0.05, 0) is 46.9 Å². The summed E-state index contributed by atoms with van der Waals surface area (Å²) in [7, 11) is 0. The first kappa shape index (κ1) is 16.6. The Morgan fingerprint density at radius 3 is 2.05 bits per heavy atom. The maximum atomic E-state index is 10.5. The molecule has 1 heteroatoms. The average molecular weight is 296 g/mol. The number of phenols is 1. The Morgan fingerprint density at radius 1 is 0.909 bits per heavy atom. The van der Waals surface area contributed by atoms with Crippen LogP contribution in [0.2, 0.25) is 0 Å². The molecule has 118 valence electrons. The summed E-state index contributed by atoms with van der Waals surface area (Å²) in [6.45, 7) is 13.4. The van der Waals surface area contributed by atoms with E-state index in [4.69, 9.17) is 0 Å². The standard InChI is InChI=1S/C21H28O/c1-15-12-17(21(5,6)14-20(2,3)4)13-18(19(15)22)16-10-8-7-9-11-16/h7-13,22H,14H2,1-6H3. The van der Waals surface area contributed by atoms with Crippen molar-refractivity contribution in [3.05, 3.63) is 53.6 Å². The lowest BCUT2D eigenvalue weighted by atomic mass is 9.71. The number of phenolic OH excluding ortho intramolecular Hbond substituents is 1. The lowest BCUT2D eigenvalue weighted by Crippen LogP contribution is -2.25. The van der Waals surface area contributed by atoms with E-state index in [-0.39, 0.29) is 10.8 Å². The van der Waals surface area contributed by atoms with Gasteiger partial charge in [0.05, 0.1) is 0 Å². The van der Waals surface area contributed by atoms with Crippen LogP contribution in [0.25, 0.3) is 11.1 Å². The molecule has 0 amide bonds. The fourth-order valence-corrected chi connectivity index (χ4v) is 3.44. The van der Waals surface area contributed by atoms with Gasteiger partial charge in [-0.1, -0.05) is 71.0 Å². The van der Waals surface area contributed by atoms with E-state index in [9.17, 15) is 5.11 Å². The predicted molar refractivity (Wildman–Crippen MR) is 95.4 cm³/mol. The maximum absolute atomic E-state index is 10.5. The van der Waals surface area contributed by atoms with Gasteiger partial charge in [0.1, 0.15) is 5.75 Å². The lowest BCUT2D eigenvalue weighted by Gasteiger charge is -2.33. The van der Waals surface area contributed by atoms with Crippen molar-refractivity contribution in [2.75, 3.05) is 0 Å². The van der Waals surface area contributed by atoms with Gasteiger partial charge in [0.25, 0.3) is 0 Å². The molecular formula is C21H28O. The second-order valence-corrected chi connectivity index (χ2v) is 8.18. The molecule has 1 N–H and O–H groups in total. The molecule has 0 radical (unpaired) electrons. The Kier molecular flexibility index (Phi) is 4.37. The zero-order valence-electron chi connectivity index (χ0n) is 14.7. The molecule has 0 aliphatic rings. The van der Waals surface area contributed by atoms with Crippen molar-refractivity contribution in [2.24, 2.45) is 5.41 Å². The van der Waals surface area contributed by atoms with E-state index in [2.05, 4.69) is 58.9 Å². The molecular weight excluding hydrogens is 268 g/mol. The molecule has 0 fully saturated rings. The first-order valence-corrected chi connectivity index (χ1v) is 8.00. The highest BCUT2D eigenvalue weighted by molar-refractivity contribution is 5.72. The second kappa shape index (κ2) is 5.79. The summed E-state index contributed by atoms with van der Waals surface area (Å²) in [6, 6.07) is 14.4. The van der Waals surface area contributed by atoms with E-state index in [0.717, 1.165) is 23.1 Å². The number of aromatic hydroxyl groups is 1. The van der Waals surface area contributed by atoms with Gasteiger partial charge in [0.15, 0.2) is 0 Å². The van der Waals surface area contributed by atoms with Crippen molar-refractivity contribution < 1.29 is 5.11 Å². The Balaban J connectivity index is 2.54. The molecule has 0 aromatic heterocycles. The van der Waals surface area contributed by atoms with Crippen LogP contribution >= 0.6 is 0 Å². The van der Waals surface area contributed by atoms with Crippen LogP contribution in [0.4, 0.5) is 0 Å². The summed E-state index contributed by atoms with van der Waals surface area (Å²) in [5, 5.41) is 10.5. The van der Waals surface area contributed by atoms with Crippen molar-refractivity contribution in [1.29, 1.82) is 0 Å². The zero-order chi connectivity index (χ0) is 16.5. The van der Waals surface area contributed by atoms with Crippen molar-refractivity contribution >= 4 is 0 Å². The molecule has 0 saturated heterocycles. The van der Waals surface area contributed by atoms with Crippen LogP contribution in [-0.4, -0.2) is 5.11 Å². The monoisotopic (exact) mass is 296 g/mol. The van der Waals surface area contributed by atoms with Crippen LogP contribution < -0.4 is 0 Å². The van der Waals surface area contributed by atoms with Crippen molar-refractivity contribution in [3.63, 3.8) is 0 Å². The predicted octanol–water partition coefficient (Wildman–Crippen LogP) is 6.08. The highest BCUT2D eigenvalue weighted by atomic mass is 16.3. The Labute approximate surface area is 135 Å². The van der Waals surface area contributed by atoms with Crippen molar-refractivity contribution in [1.82, 2.24) is 0 Å². The third-order valence-electron chi connectivity index (χ3n) is 4.14. The average Bonchev–Trinajstić information content (AvgIpc) is 2.40. The summed E-state index contributed by atoms with van der Waals surface area (Å²) in [5.41, 5.74) is 4.56. The molecule has 22 heavy (non-hydrogen) atoms. The molecule has 0 unspecified atom stereocenters. The molecule has 0 atom stereocenters. The normalized spacial score (nSPS) is 12.5. The van der Waals surface area contributed by atoms with Gasteiger partial charge < -0.3 is 5.11 Å². The minimum atomic E-state index is 0.0697. The van der Waals surface area contributed by atoms with Gasteiger partial charge in [0, 0.05) is 5.56 Å². The summed E-state index contributed by atoms with van der Waals surface area (Å²) >= 11 is 0. The molecule has 1 nitrogen and oxygen atoms in total. The third-order valence-corrected chi connectivity index (χ3v) is 4.14. The molecule has 0 aliphatic carbocycles. The Hall–Kier alpha value is -1.76. The van der Waals surface area contributed by atoms with Crippen molar-refractivity contribution in [3.8, 4) is 16.9 Å². The molecule has 2 rings (SSSR count). The van der Waals surface area contributed by atoms with E-state index < -0.39 is 0 Å². The molecule has 0 aliphatic heterocycles. The smallest absolute Gasteiger partial charge is 0.126 e. The number of hydrogen-bond donors (Lipinski definition) is 1. The Morgan fingerprint density at radius 2 is 1.50 bits per heavy atom. The van der Waals surface area contributed by atoms with Gasteiger partial charge in [-0.2, -0.15) is 0 Å². The van der Waals surface area contributed by atoms with Gasteiger partial charge in [0.2, 0.25) is 0 Å². The summed E-state index contributed by atoms with van der Waals surface area (Å²) in [4.78, 5) is 0. The van der Waals surface area contributed by atoms with Crippen molar-refractivity contribution in [2.45, 2.75) is 53.4 Å². The molecule has 2 aromatic carbocycles.